The first kappa shape index (κ1) is 18.5. The van der Waals surface area contributed by atoms with E-state index in [1.807, 2.05) is 32.7 Å². The van der Waals surface area contributed by atoms with E-state index in [0.717, 1.165) is 13.0 Å². The number of unbranched alkanes of at least 4 members (excludes halogenated alkanes) is 4. The molecule has 0 aromatic carbocycles. The molecule has 114 valence electrons. The van der Waals surface area contributed by atoms with Gasteiger partial charge in [0.1, 0.15) is 0 Å². The van der Waals surface area contributed by atoms with Crippen molar-refractivity contribution in [1.29, 1.82) is 0 Å². The second-order valence-corrected chi connectivity index (χ2v) is 8.06. The fourth-order valence-corrected chi connectivity index (χ4v) is 2.21. The molecule has 0 rings (SSSR count). The predicted molar refractivity (Wildman–Crippen MR) is 84.2 cm³/mol. The van der Waals surface area contributed by atoms with Gasteiger partial charge in [-0.1, -0.05) is 67.2 Å². The van der Waals surface area contributed by atoms with Crippen LogP contribution in [0.1, 0.15) is 80.1 Å². The Morgan fingerprint density at radius 1 is 0.842 bits per heavy atom. The molecule has 0 unspecified atom stereocenters. The van der Waals surface area contributed by atoms with Gasteiger partial charge in [-0.05, 0) is 18.3 Å². The third-order valence-electron chi connectivity index (χ3n) is 3.41. The lowest BCUT2D eigenvalue weighted by Gasteiger charge is -2.25. The van der Waals surface area contributed by atoms with E-state index in [2.05, 4.69) is 20.8 Å². The number of hydrogen-bond donors (Lipinski definition) is 0. The third kappa shape index (κ3) is 9.98. The monoisotopic (exact) mass is 269 g/mol. The van der Waals surface area contributed by atoms with Crippen LogP contribution in [0.2, 0.25) is 0 Å². The van der Waals surface area contributed by atoms with E-state index in [0.29, 0.717) is 5.41 Å². The van der Waals surface area contributed by atoms with Crippen LogP contribution in [0.25, 0.3) is 0 Å². The molecule has 0 saturated carbocycles. The summed E-state index contributed by atoms with van der Waals surface area (Å²) in [5.74, 6) is 0.250. The normalized spacial score (nSPS) is 12.6. The van der Waals surface area contributed by atoms with Gasteiger partial charge in [-0.2, -0.15) is 0 Å². The minimum atomic E-state index is -0.249. The lowest BCUT2D eigenvalue weighted by Crippen LogP contribution is -2.37. The Balaban J connectivity index is 3.58. The number of rotatable bonds is 7. The summed E-state index contributed by atoms with van der Waals surface area (Å²) in [5.41, 5.74) is 0.223. The Morgan fingerprint density at radius 2 is 1.32 bits per heavy atom. The first-order valence-electron chi connectivity index (χ1n) is 7.79. The smallest absolute Gasteiger partial charge is 0.227 e. The summed E-state index contributed by atoms with van der Waals surface area (Å²) < 4.78 is 0. The van der Waals surface area contributed by atoms with Crippen LogP contribution in [-0.2, 0) is 4.79 Å². The molecule has 0 aromatic rings. The molecule has 0 aliphatic carbocycles. The van der Waals surface area contributed by atoms with Crippen LogP contribution in [0.4, 0.5) is 0 Å². The van der Waals surface area contributed by atoms with Crippen molar-refractivity contribution in [2.45, 2.75) is 80.1 Å². The molecular weight excluding hydrogens is 234 g/mol. The number of amides is 1. The number of hydrogen-bond acceptors (Lipinski definition) is 1. The highest BCUT2D eigenvalue weighted by Crippen LogP contribution is 2.22. The van der Waals surface area contributed by atoms with E-state index in [1.165, 1.54) is 32.1 Å². The summed E-state index contributed by atoms with van der Waals surface area (Å²) in [4.78, 5) is 13.9. The molecule has 2 heteroatoms. The second-order valence-electron chi connectivity index (χ2n) is 8.06. The van der Waals surface area contributed by atoms with E-state index in [-0.39, 0.29) is 11.3 Å². The maximum absolute atomic E-state index is 12.0. The highest BCUT2D eigenvalue weighted by Gasteiger charge is 2.24. The number of carbonyl (C=O) groups is 1. The first-order valence-corrected chi connectivity index (χ1v) is 7.79. The molecule has 0 aliphatic rings. The molecule has 19 heavy (non-hydrogen) atoms. The molecule has 0 saturated heterocycles. The fraction of sp³-hybridized carbons (Fsp3) is 0.941. The number of nitrogens with zero attached hydrogens (tertiary/aromatic N) is 1. The van der Waals surface area contributed by atoms with Gasteiger partial charge in [0.15, 0.2) is 0 Å². The molecule has 0 aliphatic heterocycles. The Morgan fingerprint density at radius 3 is 1.79 bits per heavy atom. The molecule has 0 aromatic heterocycles. The van der Waals surface area contributed by atoms with Gasteiger partial charge in [0.2, 0.25) is 5.91 Å². The van der Waals surface area contributed by atoms with Gasteiger partial charge in [0, 0.05) is 19.0 Å². The van der Waals surface area contributed by atoms with E-state index < -0.39 is 0 Å². The topological polar surface area (TPSA) is 20.3 Å². The van der Waals surface area contributed by atoms with Crippen molar-refractivity contribution in [3.63, 3.8) is 0 Å². The number of carbonyl (C=O) groups excluding carboxylic acids is 1. The Kier molecular flexibility index (Phi) is 7.69. The summed E-state index contributed by atoms with van der Waals surface area (Å²) in [5, 5.41) is 0. The standard InChI is InChI=1S/C17H35NO/c1-16(2,3)13-11-9-8-10-12-14-18(7)15(19)17(4,5)6/h8-14H2,1-7H3. The van der Waals surface area contributed by atoms with E-state index >= 15 is 0 Å². The quantitative estimate of drug-likeness (QED) is 0.603. The Hall–Kier alpha value is -0.530. The van der Waals surface area contributed by atoms with Crippen molar-refractivity contribution < 1.29 is 4.79 Å². The summed E-state index contributed by atoms with van der Waals surface area (Å²) in [6.07, 6.45) is 7.65. The highest BCUT2D eigenvalue weighted by atomic mass is 16.2. The zero-order valence-electron chi connectivity index (χ0n) is 14.3. The summed E-state index contributed by atoms with van der Waals surface area (Å²) in [7, 11) is 1.92. The molecule has 0 N–H and O–H groups in total. The van der Waals surface area contributed by atoms with Crippen LogP contribution in [0.5, 0.6) is 0 Å². The van der Waals surface area contributed by atoms with Crippen molar-refractivity contribution in [3.05, 3.63) is 0 Å². The van der Waals surface area contributed by atoms with E-state index in [9.17, 15) is 4.79 Å². The maximum atomic E-state index is 12.0. The van der Waals surface area contributed by atoms with Gasteiger partial charge in [-0.25, -0.2) is 0 Å². The van der Waals surface area contributed by atoms with Crippen molar-refractivity contribution >= 4 is 5.91 Å². The van der Waals surface area contributed by atoms with Gasteiger partial charge in [0.05, 0.1) is 0 Å². The molecule has 0 spiro atoms. The first-order chi connectivity index (χ1) is 8.54. The molecule has 0 atom stereocenters. The molecule has 0 fully saturated rings. The lowest BCUT2D eigenvalue weighted by atomic mass is 9.89. The van der Waals surface area contributed by atoms with Crippen LogP contribution >= 0.6 is 0 Å². The van der Waals surface area contributed by atoms with Crippen molar-refractivity contribution in [1.82, 2.24) is 4.90 Å². The van der Waals surface area contributed by atoms with Crippen LogP contribution in [-0.4, -0.2) is 24.4 Å². The van der Waals surface area contributed by atoms with E-state index in [4.69, 9.17) is 0 Å². The van der Waals surface area contributed by atoms with Gasteiger partial charge >= 0.3 is 0 Å². The zero-order chi connectivity index (χ0) is 15.1. The van der Waals surface area contributed by atoms with Gasteiger partial charge in [-0.15, -0.1) is 0 Å². The lowest BCUT2D eigenvalue weighted by molar-refractivity contribution is -0.138. The Labute approximate surface area is 120 Å². The molecule has 0 heterocycles. The average Bonchev–Trinajstić information content (AvgIpc) is 2.23. The van der Waals surface area contributed by atoms with Crippen LogP contribution in [0.15, 0.2) is 0 Å². The molecular formula is C17H35NO. The van der Waals surface area contributed by atoms with Crippen LogP contribution in [0.3, 0.4) is 0 Å². The van der Waals surface area contributed by atoms with Gasteiger partial charge < -0.3 is 4.90 Å². The Bertz CT molecular complexity index is 257. The zero-order valence-corrected chi connectivity index (χ0v) is 14.3. The molecule has 0 bridgehead atoms. The van der Waals surface area contributed by atoms with Crippen molar-refractivity contribution in [2.24, 2.45) is 10.8 Å². The largest absolute Gasteiger partial charge is 0.345 e. The third-order valence-corrected chi connectivity index (χ3v) is 3.41. The highest BCUT2D eigenvalue weighted by molar-refractivity contribution is 5.81. The van der Waals surface area contributed by atoms with Crippen molar-refractivity contribution in [2.75, 3.05) is 13.6 Å². The minimum absolute atomic E-state index is 0.249. The minimum Gasteiger partial charge on any atom is -0.345 e. The summed E-state index contributed by atoms with van der Waals surface area (Å²) in [6.45, 7) is 13.8. The predicted octanol–water partition coefficient (Wildman–Crippen LogP) is 4.88. The van der Waals surface area contributed by atoms with E-state index in [1.54, 1.807) is 0 Å². The van der Waals surface area contributed by atoms with Crippen LogP contribution < -0.4 is 0 Å². The second kappa shape index (κ2) is 7.91. The SMILES string of the molecule is CN(CCCCCCCC(C)(C)C)C(=O)C(C)(C)C. The van der Waals surface area contributed by atoms with Gasteiger partial charge in [-0.3, -0.25) is 4.79 Å². The summed E-state index contributed by atoms with van der Waals surface area (Å²) >= 11 is 0. The van der Waals surface area contributed by atoms with Gasteiger partial charge in [0.25, 0.3) is 0 Å². The maximum Gasteiger partial charge on any atom is 0.227 e. The molecule has 2 nitrogen and oxygen atoms in total. The summed E-state index contributed by atoms with van der Waals surface area (Å²) in [6, 6.07) is 0. The van der Waals surface area contributed by atoms with Crippen molar-refractivity contribution in [3.8, 4) is 0 Å². The molecule has 0 radical (unpaired) electrons. The molecule has 1 amide bonds. The fourth-order valence-electron chi connectivity index (χ4n) is 2.21. The van der Waals surface area contributed by atoms with Crippen LogP contribution in [0, 0.1) is 10.8 Å². The average molecular weight is 269 g/mol.